The van der Waals surface area contributed by atoms with Gasteiger partial charge in [0.05, 0.1) is 20.6 Å². The largest absolute Gasteiger partial charge is 0.488 e. The van der Waals surface area contributed by atoms with Gasteiger partial charge < -0.3 is 9.22 Å². The number of rotatable bonds is 28. The third-order valence-corrected chi connectivity index (χ3v) is 10.8. The number of ketones is 2. The van der Waals surface area contributed by atoms with Gasteiger partial charge in [-0.05, 0) is 73.8 Å². The lowest BCUT2D eigenvalue weighted by Gasteiger charge is -2.29. The van der Waals surface area contributed by atoms with Gasteiger partial charge in [-0.25, -0.2) is 0 Å². The Balaban J connectivity index is 2.37. The van der Waals surface area contributed by atoms with Gasteiger partial charge in [-0.2, -0.15) is 0 Å². The fourth-order valence-electron chi connectivity index (χ4n) is 6.61. The summed E-state index contributed by atoms with van der Waals surface area (Å²) in [7, 11) is 4.60. The van der Waals surface area contributed by atoms with Gasteiger partial charge in [0.2, 0.25) is 0 Å². The van der Waals surface area contributed by atoms with E-state index in [2.05, 4.69) is 55.6 Å². The Morgan fingerprint density at radius 1 is 0.745 bits per heavy atom. The van der Waals surface area contributed by atoms with Crippen molar-refractivity contribution in [3.63, 3.8) is 0 Å². The fraction of sp³-hybridized carbons (Fsp3) is 0.767. The quantitative estimate of drug-likeness (QED) is 0.0391. The maximum Gasteiger partial charge on any atom is 0.165 e. The lowest BCUT2D eigenvalue weighted by Crippen LogP contribution is -2.43. The summed E-state index contributed by atoms with van der Waals surface area (Å²) in [6, 6.07) is 7.59. The fourth-order valence-corrected chi connectivity index (χ4v) is 6.61. The maximum absolute atomic E-state index is 13.4. The minimum Gasteiger partial charge on any atom is -0.488 e. The van der Waals surface area contributed by atoms with Crippen LogP contribution in [0.25, 0.3) is 0 Å². The van der Waals surface area contributed by atoms with E-state index in [1.165, 1.54) is 102 Å². The van der Waals surface area contributed by atoms with Crippen LogP contribution in [-0.2, 0) is 4.79 Å². The molecule has 1 aromatic rings. The van der Waals surface area contributed by atoms with Crippen molar-refractivity contribution in [3.05, 3.63) is 41.0 Å². The van der Waals surface area contributed by atoms with E-state index in [4.69, 9.17) is 4.74 Å². The van der Waals surface area contributed by atoms with Crippen molar-refractivity contribution >= 4 is 11.6 Å². The molecule has 0 spiro atoms. The zero-order valence-electron chi connectivity index (χ0n) is 32.8. The molecule has 0 N–H and O–H groups in total. The van der Waals surface area contributed by atoms with Crippen molar-refractivity contribution < 1.29 is 18.8 Å². The van der Waals surface area contributed by atoms with Crippen molar-refractivity contribution in [1.82, 2.24) is 0 Å². The van der Waals surface area contributed by atoms with Crippen molar-refractivity contribution in [2.24, 2.45) is 17.3 Å². The van der Waals surface area contributed by atoms with Gasteiger partial charge in [-0.3, -0.25) is 9.59 Å². The lowest BCUT2D eigenvalue weighted by atomic mass is 9.74. The van der Waals surface area contributed by atoms with Crippen molar-refractivity contribution in [1.29, 1.82) is 0 Å². The molecule has 0 aliphatic heterocycles. The molecule has 0 aliphatic rings. The van der Waals surface area contributed by atoms with Crippen LogP contribution in [0.1, 0.15) is 175 Å². The van der Waals surface area contributed by atoms with Crippen LogP contribution in [0.5, 0.6) is 5.75 Å². The molecular formula is C43H76NO3+. The second kappa shape index (κ2) is 23.4. The number of hydrogen-bond acceptors (Lipinski definition) is 3. The van der Waals surface area contributed by atoms with Gasteiger partial charge in [0, 0.05) is 17.9 Å². The van der Waals surface area contributed by atoms with E-state index < -0.39 is 0 Å². The summed E-state index contributed by atoms with van der Waals surface area (Å²) in [5.74, 6) is 0.832. The van der Waals surface area contributed by atoms with Crippen LogP contribution < -0.4 is 4.74 Å². The van der Waals surface area contributed by atoms with Gasteiger partial charge in [-0.1, -0.05) is 131 Å². The second-order valence-electron chi connectivity index (χ2n) is 15.9. The molecule has 47 heavy (non-hydrogen) atoms. The topological polar surface area (TPSA) is 43.4 Å². The van der Waals surface area contributed by atoms with Gasteiger partial charge in [-0.15, -0.1) is 0 Å². The Morgan fingerprint density at radius 3 is 1.70 bits per heavy atom. The number of allylic oxidation sites excluding steroid dienone is 2. The Hall–Kier alpha value is -1.94. The van der Waals surface area contributed by atoms with Crippen LogP contribution in [0, 0.1) is 17.3 Å². The molecule has 4 heteroatoms. The molecule has 270 valence electrons. The van der Waals surface area contributed by atoms with Crippen molar-refractivity contribution in [2.45, 2.75) is 165 Å². The molecule has 2 atom stereocenters. The van der Waals surface area contributed by atoms with E-state index in [-0.39, 0.29) is 28.8 Å². The van der Waals surface area contributed by atoms with Crippen LogP contribution in [-0.4, -0.2) is 49.8 Å². The van der Waals surface area contributed by atoms with Crippen LogP contribution in [0.15, 0.2) is 35.4 Å². The molecule has 1 aromatic carbocycles. The van der Waals surface area contributed by atoms with E-state index in [1.54, 1.807) is 0 Å². The molecule has 0 bridgehead atoms. The Bertz CT molecular complexity index is 1040. The Kier molecular flexibility index (Phi) is 21.5. The summed E-state index contributed by atoms with van der Waals surface area (Å²) in [6.07, 6.45) is 21.7. The highest BCUT2D eigenvalue weighted by Gasteiger charge is 2.31. The molecule has 0 aliphatic carbocycles. The number of hydrogen-bond donors (Lipinski definition) is 0. The third kappa shape index (κ3) is 17.3. The summed E-state index contributed by atoms with van der Waals surface area (Å²) in [5.41, 5.74) is 2.66. The average molecular weight is 655 g/mol. The number of benzene rings is 1. The Labute approximate surface area is 292 Å². The minimum atomic E-state index is -0.230. The van der Waals surface area contributed by atoms with Crippen molar-refractivity contribution in [2.75, 3.05) is 33.8 Å². The first-order chi connectivity index (χ1) is 22.3. The summed E-state index contributed by atoms with van der Waals surface area (Å²) >= 11 is 0. The van der Waals surface area contributed by atoms with Crippen LogP contribution in [0.3, 0.4) is 0 Å². The molecule has 2 unspecified atom stereocenters. The predicted molar refractivity (Wildman–Crippen MR) is 203 cm³/mol. The first-order valence-corrected chi connectivity index (χ1v) is 19.6. The number of nitrogens with zero attached hydrogens (tertiary/aromatic N) is 1. The highest BCUT2D eigenvalue weighted by Crippen LogP contribution is 2.36. The van der Waals surface area contributed by atoms with E-state index >= 15 is 0 Å². The summed E-state index contributed by atoms with van der Waals surface area (Å²) < 4.78 is 7.05. The molecule has 0 amide bonds. The predicted octanol–water partition coefficient (Wildman–Crippen LogP) is 12.2. The molecule has 4 nitrogen and oxygen atoms in total. The standard InChI is InChI=1S/C43H76NO3/c1-11-14-15-16-17-18-19-20-21-22-23-24-25-26-31-44(9,10)32-33-47-39-29-27-38(28-30-39)42(46)37(6)36(5)34-40(45)41(35(4)12-2)43(7,8)13-3/h27-30,36-37H,11-26,31-34H2,1-10H3/q+1/b41-35-. The molecule has 0 aromatic heterocycles. The molecular weight excluding hydrogens is 578 g/mol. The highest BCUT2D eigenvalue weighted by atomic mass is 16.5. The smallest absolute Gasteiger partial charge is 0.165 e. The van der Waals surface area contributed by atoms with E-state index in [0.717, 1.165) is 35.2 Å². The summed E-state index contributed by atoms with van der Waals surface area (Å²) in [5, 5.41) is 0. The first kappa shape index (κ1) is 43.1. The average Bonchev–Trinajstić information content (AvgIpc) is 3.04. The van der Waals surface area contributed by atoms with Gasteiger partial charge in [0.1, 0.15) is 18.9 Å². The normalized spacial score (nSPS) is 14.1. The van der Waals surface area contributed by atoms with Gasteiger partial charge in [0.15, 0.2) is 11.6 Å². The molecule has 0 saturated carbocycles. The first-order valence-electron chi connectivity index (χ1n) is 19.6. The van der Waals surface area contributed by atoms with Crippen LogP contribution in [0.4, 0.5) is 0 Å². The van der Waals surface area contributed by atoms with Crippen LogP contribution >= 0.6 is 0 Å². The second-order valence-corrected chi connectivity index (χ2v) is 15.9. The number of ether oxygens (including phenoxy) is 1. The lowest BCUT2D eigenvalue weighted by molar-refractivity contribution is -0.890. The van der Waals surface area contributed by atoms with E-state index in [0.29, 0.717) is 18.6 Å². The summed E-state index contributed by atoms with van der Waals surface area (Å²) in [6.45, 7) is 19.7. The zero-order valence-corrected chi connectivity index (χ0v) is 32.8. The minimum absolute atomic E-state index is 0.0297. The molecule has 0 radical (unpaired) electrons. The monoisotopic (exact) mass is 655 g/mol. The highest BCUT2D eigenvalue weighted by molar-refractivity contribution is 6.00. The number of likely N-dealkylation sites (N-methyl/N-ethyl adjacent to an activating group) is 1. The van der Waals surface area contributed by atoms with Crippen molar-refractivity contribution in [3.8, 4) is 5.75 Å². The number of quaternary nitrogens is 1. The molecule has 0 fully saturated rings. The van der Waals surface area contributed by atoms with Gasteiger partial charge >= 0.3 is 0 Å². The third-order valence-electron chi connectivity index (χ3n) is 10.8. The number of unbranched alkanes of at least 4 members (excludes halogenated alkanes) is 13. The number of carbonyl (C=O) groups excluding carboxylic acids is 2. The molecule has 0 saturated heterocycles. The molecule has 1 rings (SSSR count). The SMILES string of the molecule is CCCCCCCCCCCCCCCC[N+](C)(C)CCOc1ccc(C(=O)C(C)C(C)CC(=O)/C(=C(\C)CC)C(C)(C)CC)cc1. The van der Waals surface area contributed by atoms with E-state index in [1.807, 2.05) is 38.1 Å². The number of carbonyl (C=O) groups is 2. The zero-order chi connectivity index (χ0) is 35.3. The van der Waals surface area contributed by atoms with Gasteiger partial charge in [0.25, 0.3) is 0 Å². The Morgan fingerprint density at radius 2 is 1.23 bits per heavy atom. The molecule has 0 heterocycles. The van der Waals surface area contributed by atoms with Crippen LogP contribution in [0.2, 0.25) is 0 Å². The number of Topliss-reactive ketones (excluding diaryl/α,β-unsaturated/α-hetero) is 2. The summed E-state index contributed by atoms with van der Waals surface area (Å²) in [4.78, 5) is 26.8. The van der Waals surface area contributed by atoms with E-state index in [9.17, 15) is 9.59 Å². The maximum atomic E-state index is 13.4.